The fourth-order valence-electron chi connectivity index (χ4n) is 2.61. The van der Waals surface area contributed by atoms with Crippen molar-refractivity contribution < 1.29 is 18.0 Å². The van der Waals surface area contributed by atoms with Crippen molar-refractivity contribution in [3.05, 3.63) is 34.9 Å². The zero-order valence-corrected chi connectivity index (χ0v) is 13.7. The maximum atomic E-state index is 12.2. The fraction of sp³-hybridized carbons (Fsp3) is 0.500. The molecule has 0 spiro atoms. The predicted octanol–water partition coefficient (Wildman–Crippen LogP) is 1.57. The maximum Gasteiger partial charge on any atom is 0.220 e. The number of rotatable bonds is 5. The highest BCUT2D eigenvalue weighted by molar-refractivity contribution is 7.91. The molecule has 0 unspecified atom stereocenters. The number of carbonyl (C=O) groups is 2. The minimum Gasteiger partial charge on any atom is -0.352 e. The zero-order chi connectivity index (χ0) is 16.3. The molecule has 1 atom stereocenters. The topological polar surface area (TPSA) is 80.3 Å². The Kier molecular flexibility index (Phi) is 5.01. The summed E-state index contributed by atoms with van der Waals surface area (Å²) in [6.07, 6.45) is 0.678. The van der Waals surface area contributed by atoms with Gasteiger partial charge in [-0.2, -0.15) is 0 Å². The van der Waals surface area contributed by atoms with Crippen molar-refractivity contribution in [3.8, 4) is 0 Å². The third kappa shape index (κ3) is 4.40. The minimum absolute atomic E-state index is 0.00365. The number of benzene rings is 1. The van der Waals surface area contributed by atoms with E-state index in [9.17, 15) is 18.0 Å². The lowest BCUT2D eigenvalue weighted by molar-refractivity contribution is -0.121. The Hall–Kier alpha value is -1.69. The van der Waals surface area contributed by atoms with Crippen LogP contribution in [0.1, 0.15) is 40.7 Å². The van der Waals surface area contributed by atoms with Gasteiger partial charge in [-0.3, -0.25) is 9.59 Å². The molecule has 1 N–H and O–H groups in total. The van der Waals surface area contributed by atoms with Crippen molar-refractivity contribution in [2.24, 2.45) is 0 Å². The molecule has 1 saturated heterocycles. The van der Waals surface area contributed by atoms with Gasteiger partial charge >= 0.3 is 0 Å². The van der Waals surface area contributed by atoms with Gasteiger partial charge in [0, 0.05) is 24.4 Å². The van der Waals surface area contributed by atoms with Crippen molar-refractivity contribution >= 4 is 21.5 Å². The summed E-state index contributed by atoms with van der Waals surface area (Å²) in [7, 11) is -3.01. The van der Waals surface area contributed by atoms with E-state index in [1.165, 1.54) is 0 Å². The van der Waals surface area contributed by atoms with E-state index in [1.807, 2.05) is 32.0 Å². The Morgan fingerprint density at radius 1 is 1.23 bits per heavy atom. The van der Waals surface area contributed by atoms with E-state index in [0.717, 1.165) is 11.1 Å². The summed E-state index contributed by atoms with van der Waals surface area (Å²) in [5.74, 6) is -0.195. The number of ketones is 1. The lowest BCUT2D eigenvalue weighted by atomic mass is 9.99. The van der Waals surface area contributed by atoms with Gasteiger partial charge in [0.15, 0.2) is 15.6 Å². The third-order valence-corrected chi connectivity index (χ3v) is 5.64. The number of Topliss-reactive ketones (excluding diaryl/α,β-unsaturated/α-hetero) is 1. The molecule has 0 bridgehead atoms. The SMILES string of the molecule is Cc1ccc(C)c(C(=O)CCC(=O)N[C@@H]2CCS(=O)(=O)C2)c1. The van der Waals surface area contributed by atoms with Gasteiger partial charge in [-0.1, -0.05) is 17.7 Å². The minimum atomic E-state index is -3.01. The average Bonchev–Trinajstić information content (AvgIpc) is 2.78. The van der Waals surface area contributed by atoms with Gasteiger partial charge in [-0.05, 0) is 31.9 Å². The van der Waals surface area contributed by atoms with Crippen LogP contribution in [0.25, 0.3) is 0 Å². The number of sulfone groups is 1. The maximum absolute atomic E-state index is 12.2. The molecule has 0 saturated carbocycles. The largest absolute Gasteiger partial charge is 0.352 e. The molecule has 5 nitrogen and oxygen atoms in total. The van der Waals surface area contributed by atoms with E-state index in [1.54, 1.807) is 0 Å². The summed E-state index contributed by atoms with van der Waals surface area (Å²) in [6.45, 7) is 3.79. The molecule has 6 heteroatoms. The molecule has 1 aliphatic heterocycles. The molecule has 0 aliphatic carbocycles. The number of amides is 1. The second-order valence-electron chi connectivity index (χ2n) is 5.91. The van der Waals surface area contributed by atoms with Gasteiger partial charge in [-0.25, -0.2) is 8.42 Å². The standard InChI is InChI=1S/C16H21NO4S/c1-11-3-4-12(2)14(9-11)15(18)5-6-16(19)17-13-7-8-22(20,21)10-13/h3-4,9,13H,5-8,10H2,1-2H3,(H,17,19)/t13-/m1/s1. The second-order valence-corrected chi connectivity index (χ2v) is 8.14. The van der Waals surface area contributed by atoms with Crippen LogP contribution in [-0.4, -0.2) is 37.7 Å². The van der Waals surface area contributed by atoms with Gasteiger partial charge in [-0.15, -0.1) is 0 Å². The highest BCUT2D eigenvalue weighted by atomic mass is 32.2. The molecule has 1 fully saturated rings. The summed E-state index contributed by atoms with van der Waals surface area (Å²) in [5, 5.41) is 2.70. The molecule has 1 heterocycles. The van der Waals surface area contributed by atoms with Crippen molar-refractivity contribution in [1.82, 2.24) is 5.32 Å². The first kappa shape index (κ1) is 16.7. The van der Waals surface area contributed by atoms with E-state index in [4.69, 9.17) is 0 Å². The summed E-state index contributed by atoms with van der Waals surface area (Å²) in [6, 6.07) is 5.36. The predicted molar refractivity (Wildman–Crippen MR) is 84.7 cm³/mol. The molecule has 2 rings (SSSR count). The Morgan fingerprint density at radius 3 is 2.59 bits per heavy atom. The summed E-state index contributed by atoms with van der Waals surface area (Å²) < 4.78 is 22.7. The molecule has 22 heavy (non-hydrogen) atoms. The molecule has 1 aromatic carbocycles. The van der Waals surface area contributed by atoms with E-state index < -0.39 is 9.84 Å². The van der Waals surface area contributed by atoms with Gasteiger partial charge in [0.1, 0.15) is 0 Å². The van der Waals surface area contributed by atoms with Crippen LogP contribution < -0.4 is 5.32 Å². The van der Waals surface area contributed by atoms with E-state index >= 15 is 0 Å². The molecule has 1 amide bonds. The van der Waals surface area contributed by atoms with Crippen molar-refractivity contribution in [2.45, 2.75) is 39.2 Å². The summed E-state index contributed by atoms with van der Waals surface area (Å²) in [5.41, 5.74) is 2.56. The Bertz CT molecular complexity index is 694. The van der Waals surface area contributed by atoms with Gasteiger partial charge < -0.3 is 5.32 Å². The molecule has 1 aliphatic rings. The highest BCUT2D eigenvalue weighted by Gasteiger charge is 2.28. The first-order valence-corrected chi connectivity index (χ1v) is 9.19. The fourth-order valence-corrected chi connectivity index (χ4v) is 4.28. The van der Waals surface area contributed by atoms with Crippen LogP contribution in [0.3, 0.4) is 0 Å². The lowest BCUT2D eigenvalue weighted by Gasteiger charge is -2.11. The lowest BCUT2D eigenvalue weighted by Crippen LogP contribution is -2.35. The van der Waals surface area contributed by atoms with E-state index in [2.05, 4.69) is 5.32 Å². The van der Waals surface area contributed by atoms with Crippen LogP contribution in [0.5, 0.6) is 0 Å². The molecule has 0 radical (unpaired) electrons. The first-order valence-electron chi connectivity index (χ1n) is 7.37. The monoisotopic (exact) mass is 323 g/mol. The number of aryl methyl sites for hydroxylation is 2. The van der Waals surface area contributed by atoms with Crippen LogP contribution in [0.15, 0.2) is 18.2 Å². The van der Waals surface area contributed by atoms with Gasteiger partial charge in [0.2, 0.25) is 5.91 Å². The van der Waals surface area contributed by atoms with Crippen LogP contribution in [0.4, 0.5) is 0 Å². The Labute approximate surface area is 131 Å². The number of hydrogen-bond acceptors (Lipinski definition) is 4. The van der Waals surface area contributed by atoms with Crippen LogP contribution in [0, 0.1) is 13.8 Å². The van der Waals surface area contributed by atoms with E-state index in [0.29, 0.717) is 12.0 Å². The van der Waals surface area contributed by atoms with Crippen LogP contribution >= 0.6 is 0 Å². The molecular weight excluding hydrogens is 302 g/mol. The first-order chi connectivity index (χ1) is 10.3. The van der Waals surface area contributed by atoms with Crippen molar-refractivity contribution in [1.29, 1.82) is 0 Å². The highest BCUT2D eigenvalue weighted by Crippen LogP contribution is 2.15. The van der Waals surface area contributed by atoms with Crippen molar-refractivity contribution in [3.63, 3.8) is 0 Å². The normalized spacial score (nSPS) is 19.8. The zero-order valence-electron chi connectivity index (χ0n) is 12.9. The Morgan fingerprint density at radius 2 is 1.95 bits per heavy atom. The number of nitrogens with one attached hydrogen (secondary N) is 1. The summed E-state index contributed by atoms with van der Waals surface area (Å²) >= 11 is 0. The average molecular weight is 323 g/mol. The van der Waals surface area contributed by atoms with Gasteiger partial charge in [0.05, 0.1) is 11.5 Å². The van der Waals surface area contributed by atoms with Gasteiger partial charge in [0.25, 0.3) is 0 Å². The van der Waals surface area contributed by atoms with Crippen molar-refractivity contribution in [2.75, 3.05) is 11.5 Å². The quantitative estimate of drug-likeness (QED) is 0.834. The summed E-state index contributed by atoms with van der Waals surface area (Å²) in [4.78, 5) is 24.0. The van der Waals surface area contributed by atoms with E-state index in [-0.39, 0.29) is 42.1 Å². The number of hydrogen-bond donors (Lipinski definition) is 1. The number of carbonyl (C=O) groups excluding carboxylic acids is 2. The molecule has 0 aromatic heterocycles. The molecule has 120 valence electrons. The third-order valence-electron chi connectivity index (χ3n) is 3.87. The Balaban J connectivity index is 1.86. The second kappa shape index (κ2) is 6.60. The van der Waals surface area contributed by atoms with Crippen LogP contribution in [0.2, 0.25) is 0 Å². The molecule has 1 aromatic rings. The van der Waals surface area contributed by atoms with Crippen LogP contribution in [-0.2, 0) is 14.6 Å². The molecular formula is C16H21NO4S. The smallest absolute Gasteiger partial charge is 0.220 e.